The Morgan fingerprint density at radius 2 is 1.94 bits per heavy atom. The number of ether oxygens (including phenoxy) is 1. The largest absolute Gasteiger partial charge is 0.481 e. The average molecular weight is 262 g/mol. The van der Waals surface area contributed by atoms with E-state index in [4.69, 9.17) is 14.9 Å². The first-order valence-electron chi connectivity index (χ1n) is 5.76. The molecular formula is C11H22N2O5. The van der Waals surface area contributed by atoms with Crippen LogP contribution in [0.4, 0.5) is 4.79 Å². The van der Waals surface area contributed by atoms with Gasteiger partial charge in [-0.1, -0.05) is 6.92 Å². The molecule has 0 aromatic rings. The number of rotatable bonds is 8. The number of carbonyl (C=O) groups excluding carboxylic acids is 1. The van der Waals surface area contributed by atoms with Crippen LogP contribution in [0.2, 0.25) is 0 Å². The highest BCUT2D eigenvalue weighted by atomic mass is 16.5. The summed E-state index contributed by atoms with van der Waals surface area (Å²) in [5.74, 6) is -1.57. The number of amides is 2. The fourth-order valence-electron chi connectivity index (χ4n) is 1.43. The van der Waals surface area contributed by atoms with Gasteiger partial charge in [-0.05, 0) is 0 Å². The minimum atomic E-state index is -0.944. The van der Waals surface area contributed by atoms with E-state index in [0.717, 1.165) is 0 Å². The van der Waals surface area contributed by atoms with E-state index in [1.54, 1.807) is 7.05 Å². The Morgan fingerprint density at radius 3 is 2.39 bits per heavy atom. The molecule has 0 heterocycles. The molecule has 0 aromatic carbocycles. The van der Waals surface area contributed by atoms with Crippen molar-refractivity contribution in [1.82, 2.24) is 9.80 Å². The molecule has 0 saturated carbocycles. The van der Waals surface area contributed by atoms with Crippen LogP contribution < -0.4 is 0 Å². The standard InChI is InChI=1S/C11H22N2O5/c1-9(10(15)16)8-12(2)11(17)13(4-6-14)5-7-18-3/h9,14H,4-8H2,1-3H3,(H,15,16). The van der Waals surface area contributed by atoms with Crippen LogP contribution in [0, 0.1) is 5.92 Å². The van der Waals surface area contributed by atoms with Crippen LogP contribution in [-0.4, -0.2) is 79.0 Å². The highest BCUT2D eigenvalue weighted by Crippen LogP contribution is 2.03. The second-order valence-electron chi connectivity index (χ2n) is 4.11. The summed E-state index contributed by atoms with van der Waals surface area (Å²) < 4.78 is 4.88. The molecule has 2 N–H and O–H groups in total. The summed E-state index contributed by atoms with van der Waals surface area (Å²) in [4.78, 5) is 25.5. The number of aliphatic hydroxyl groups is 1. The number of carbonyl (C=O) groups is 2. The second-order valence-corrected chi connectivity index (χ2v) is 4.11. The van der Waals surface area contributed by atoms with Gasteiger partial charge in [-0.15, -0.1) is 0 Å². The molecule has 0 radical (unpaired) electrons. The molecule has 0 bridgehead atoms. The van der Waals surface area contributed by atoms with Crippen LogP contribution in [0.3, 0.4) is 0 Å². The topological polar surface area (TPSA) is 90.3 Å². The molecule has 18 heavy (non-hydrogen) atoms. The third kappa shape index (κ3) is 5.83. The van der Waals surface area contributed by atoms with Crippen molar-refractivity contribution in [2.24, 2.45) is 5.92 Å². The molecule has 0 spiro atoms. The number of carboxylic acids is 1. The van der Waals surface area contributed by atoms with Crippen LogP contribution >= 0.6 is 0 Å². The minimum absolute atomic E-state index is 0.128. The smallest absolute Gasteiger partial charge is 0.319 e. The van der Waals surface area contributed by atoms with Gasteiger partial charge >= 0.3 is 12.0 Å². The summed E-state index contributed by atoms with van der Waals surface area (Å²) in [5, 5.41) is 17.7. The highest BCUT2D eigenvalue weighted by molar-refractivity contribution is 5.75. The van der Waals surface area contributed by atoms with E-state index in [1.807, 2.05) is 0 Å². The molecule has 0 rings (SSSR count). The summed E-state index contributed by atoms with van der Waals surface area (Å²) in [6.45, 7) is 2.46. The molecule has 1 atom stereocenters. The van der Waals surface area contributed by atoms with Crippen molar-refractivity contribution in [1.29, 1.82) is 0 Å². The Balaban J connectivity index is 4.40. The second kappa shape index (κ2) is 8.71. The first kappa shape index (κ1) is 16.7. The lowest BCUT2D eigenvalue weighted by Gasteiger charge is -2.28. The zero-order chi connectivity index (χ0) is 14.1. The highest BCUT2D eigenvalue weighted by Gasteiger charge is 2.21. The number of urea groups is 1. The first-order valence-corrected chi connectivity index (χ1v) is 5.76. The Morgan fingerprint density at radius 1 is 1.33 bits per heavy atom. The van der Waals surface area contributed by atoms with Crippen molar-refractivity contribution >= 4 is 12.0 Å². The number of hydrogen-bond donors (Lipinski definition) is 2. The van der Waals surface area contributed by atoms with Gasteiger partial charge in [0.25, 0.3) is 0 Å². The van der Waals surface area contributed by atoms with E-state index >= 15 is 0 Å². The van der Waals surface area contributed by atoms with Gasteiger partial charge in [0.2, 0.25) is 0 Å². The molecule has 0 aromatic heterocycles. The first-order chi connectivity index (χ1) is 8.43. The average Bonchev–Trinajstić information content (AvgIpc) is 2.33. The molecule has 0 aliphatic heterocycles. The van der Waals surface area contributed by atoms with Gasteiger partial charge in [-0.3, -0.25) is 4.79 Å². The number of nitrogens with zero attached hydrogens (tertiary/aromatic N) is 2. The van der Waals surface area contributed by atoms with Crippen molar-refractivity contribution in [3.8, 4) is 0 Å². The normalized spacial score (nSPS) is 12.0. The van der Waals surface area contributed by atoms with E-state index in [-0.39, 0.29) is 25.7 Å². The van der Waals surface area contributed by atoms with Gasteiger partial charge in [0.15, 0.2) is 0 Å². The Hall–Kier alpha value is -1.34. The summed E-state index contributed by atoms with van der Waals surface area (Å²) in [7, 11) is 3.07. The molecule has 0 fully saturated rings. The fourth-order valence-corrected chi connectivity index (χ4v) is 1.43. The molecule has 7 heteroatoms. The number of aliphatic carboxylic acids is 1. The van der Waals surface area contributed by atoms with Crippen LogP contribution in [-0.2, 0) is 9.53 Å². The van der Waals surface area contributed by atoms with Gasteiger partial charge in [-0.25, -0.2) is 4.79 Å². The number of carboxylic acid groups (broad SMARTS) is 1. The Bertz CT molecular complexity index is 272. The van der Waals surface area contributed by atoms with E-state index in [2.05, 4.69) is 0 Å². The Labute approximate surface area is 107 Å². The van der Waals surface area contributed by atoms with Crippen molar-refractivity contribution in [2.75, 3.05) is 47.0 Å². The summed E-state index contributed by atoms with van der Waals surface area (Å²) >= 11 is 0. The lowest BCUT2D eigenvalue weighted by Crippen LogP contribution is -2.46. The monoisotopic (exact) mass is 262 g/mol. The molecule has 7 nitrogen and oxygen atoms in total. The summed E-state index contributed by atoms with van der Waals surface area (Å²) in [6.07, 6.45) is 0. The molecule has 0 saturated heterocycles. The van der Waals surface area contributed by atoms with E-state index < -0.39 is 11.9 Å². The van der Waals surface area contributed by atoms with Gasteiger partial charge in [0.05, 0.1) is 19.1 Å². The molecule has 106 valence electrons. The number of hydrogen-bond acceptors (Lipinski definition) is 4. The lowest BCUT2D eigenvalue weighted by molar-refractivity contribution is -0.141. The quantitative estimate of drug-likeness (QED) is 0.627. The van der Waals surface area contributed by atoms with Crippen molar-refractivity contribution < 1.29 is 24.5 Å². The van der Waals surface area contributed by atoms with E-state index in [9.17, 15) is 9.59 Å². The van der Waals surface area contributed by atoms with Crippen LogP contribution in [0.15, 0.2) is 0 Å². The van der Waals surface area contributed by atoms with Crippen LogP contribution in [0.1, 0.15) is 6.92 Å². The minimum Gasteiger partial charge on any atom is -0.481 e. The predicted molar refractivity (Wildman–Crippen MR) is 65.4 cm³/mol. The lowest BCUT2D eigenvalue weighted by atomic mass is 10.2. The zero-order valence-corrected chi connectivity index (χ0v) is 11.1. The Kier molecular flexibility index (Phi) is 8.06. The molecule has 2 amide bonds. The van der Waals surface area contributed by atoms with E-state index in [0.29, 0.717) is 13.2 Å². The third-order valence-electron chi connectivity index (χ3n) is 2.50. The summed E-state index contributed by atoms with van der Waals surface area (Å²) in [5.41, 5.74) is 0. The van der Waals surface area contributed by atoms with Gasteiger partial charge < -0.3 is 24.7 Å². The van der Waals surface area contributed by atoms with Gasteiger partial charge in [-0.2, -0.15) is 0 Å². The number of aliphatic hydroxyl groups excluding tert-OH is 1. The zero-order valence-electron chi connectivity index (χ0n) is 11.1. The van der Waals surface area contributed by atoms with Crippen molar-refractivity contribution in [3.63, 3.8) is 0 Å². The van der Waals surface area contributed by atoms with E-state index in [1.165, 1.54) is 23.8 Å². The SMILES string of the molecule is COCCN(CCO)C(=O)N(C)CC(C)C(=O)O. The van der Waals surface area contributed by atoms with Crippen LogP contribution in [0.5, 0.6) is 0 Å². The maximum absolute atomic E-state index is 12.0. The molecule has 0 aliphatic rings. The maximum atomic E-state index is 12.0. The molecule has 0 aliphatic carbocycles. The van der Waals surface area contributed by atoms with Crippen molar-refractivity contribution in [3.05, 3.63) is 0 Å². The maximum Gasteiger partial charge on any atom is 0.319 e. The predicted octanol–water partition coefficient (Wildman–Crippen LogP) is -0.300. The fraction of sp³-hybridized carbons (Fsp3) is 0.818. The van der Waals surface area contributed by atoms with Gasteiger partial charge in [0.1, 0.15) is 0 Å². The number of methoxy groups -OCH3 is 1. The van der Waals surface area contributed by atoms with Crippen molar-refractivity contribution in [2.45, 2.75) is 6.92 Å². The van der Waals surface area contributed by atoms with Gasteiger partial charge in [0, 0.05) is 33.8 Å². The summed E-state index contributed by atoms with van der Waals surface area (Å²) in [6, 6.07) is -0.311. The molecular weight excluding hydrogens is 240 g/mol. The third-order valence-corrected chi connectivity index (χ3v) is 2.50. The molecule has 1 unspecified atom stereocenters. The van der Waals surface area contributed by atoms with Crippen LogP contribution in [0.25, 0.3) is 0 Å².